The Balaban J connectivity index is 1.32. The van der Waals surface area contributed by atoms with Crippen molar-refractivity contribution in [2.45, 2.75) is 31.5 Å². The Hall–Kier alpha value is -2.11. The van der Waals surface area contributed by atoms with Gasteiger partial charge in [-0.05, 0) is 42.5 Å². The van der Waals surface area contributed by atoms with Gasteiger partial charge in [0.25, 0.3) is 0 Å². The normalized spacial score (nSPS) is 25.9. The van der Waals surface area contributed by atoms with Crippen molar-refractivity contribution >= 4 is 6.08 Å². The van der Waals surface area contributed by atoms with Gasteiger partial charge in [-0.25, -0.2) is 0 Å². The standard InChI is InChI=1S/C19H23N3O2/c23-18-10-14(12-22-7-3-6-21-22)9-17(18)20-11-15-8-16-4-1-2-5-19(16)24-13-15/h1-8,14,17-18,20,23H,9-13H2/t14?,17-,18-/m1/s1. The second kappa shape index (κ2) is 6.79. The first-order chi connectivity index (χ1) is 11.8. The lowest BCUT2D eigenvalue weighted by atomic mass is 10.1. The molecule has 1 aliphatic carbocycles. The van der Waals surface area contributed by atoms with Gasteiger partial charge in [0, 0.05) is 37.1 Å². The molecule has 2 aromatic rings. The van der Waals surface area contributed by atoms with Crippen LogP contribution in [0.2, 0.25) is 0 Å². The van der Waals surface area contributed by atoms with Crippen molar-refractivity contribution in [3.63, 3.8) is 0 Å². The zero-order chi connectivity index (χ0) is 16.4. The summed E-state index contributed by atoms with van der Waals surface area (Å²) in [6, 6.07) is 10.2. The molecule has 5 nitrogen and oxygen atoms in total. The SMILES string of the molecule is O[C@@H]1CC(Cn2cccn2)C[C@H]1NCC1=Cc2ccccc2OC1. The number of para-hydroxylation sites is 1. The van der Waals surface area contributed by atoms with E-state index in [1.54, 1.807) is 6.20 Å². The van der Waals surface area contributed by atoms with Crippen molar-refractivity contribution in [1.82, 2.24) is 15.1 Å². The first-order valence-corrected chi connectivity index (χ1v) is 8.58. The van der Waals surface area contributed by atoms with E-state index < -0.39 is 0 Å². The summed E-state index contributed by atoms with van der Waals surface area (Å²) in [5, 5.41) is 18.1. The van der Waals surface area contributed by atoms with Crippen LogP contribution in [-0.2, 0) is 6.54 Å². The van der Waals surface area contributed by atoms with Crippen LogP contribution >= 0.6 is 0 Å². The molecule has 24 heavy (non-hydrogen) atoms. The number of hydrogen-bond donors (Lipinski definition) is 2. The molecule has 0 amide bonds. The average Bonchev–Trinajstić information content (AvgIpc) is 3.23. The maximum atomic E-state index is 10.3. The molecule has 0 radical (unpaired) electrons. The fourth-order valence-corrected chi connectivity index (χ4v) is 3.69. The van der Waals surface area contributed by atoms with E-state index in [0.29, 0.717) is 12.5 Å². The van der Waals surface area contributed by atoms with Gasteiger partial charge in [-0.2, -0.15) is 5.10 Å². The van der Waals surface area contributed by atoms with Gasteiger partial charge in [0.15, 0.2) is 0 Å². The van der Waals surface area contributed by atoms with Crippen LogP contribution in [0.15, 0.2) is 48.3 Å². The zero-order valence-corrected chi connectivity index (χ0v) is 13.6. The Morgan fingerprint density at radius 1 is 1.25 bits per heavy atom. The van der Waals surface area contributed by atoms with Crippen LogP contribution in [-0.4, -0.2) is 40.2 Å². The van der Waals surface area contributed by atoms with E-state index in [9.17, 15) is 5.11 Å². The quantitative estimate of drug-likeness (QED) is 0.884. The molecule has 126 valence electrons. The van der Waals surface area contributed by atoms with Gasteiger partial charge < -0.3 is 15.2 Å². The van der Waals surface area contributed by atoms with Crippen LogP contribution in [0.4, 0.5) is 0 Å². The molecule has 1 saturated carbocycles. The lowest BCUT2D eigenvalue weighted by Gasteiger charge is -2.21. The van der Waals surface area contributed by atoms with Crippen molar-refractivity contribution in [2.24, 2.45) is 5.92 Å². The maximum absolute atomic E-state index is 10.3. The Morgan fingerprint density at radius 2 is 2.17 bits per heavy atom. The van der Waals surface area contributed by atoms with Crippen molar-refractivity contribution in [3.8, 4) is 5.75 Å². The number of hydrogen-bond acceptors (Lipinski definition) is 4. The Kier molecular flexibility index (Phi) is 4.36. The average molecular weight is 325 g/mol. The van der Waals surface area contributed by atoms with Gasteiger partial charge in [0.05, 0.1) is 6.10 Å². The highest BCUT2D eigenvalue weighted by molar-refractivity contribution is 5.62. The van der Waals surface area contributed by atoms with Crippen LogP contribution in [0, 0.1) is 5.92 Å². The third-order valence-electron chi connectivity index (χ3n) is 4.91. The minimum absolute atomic E-state index is 0.142. The fourth-order valence-electron chi connectivity index (χ4n) is 3.69. The zero-order valence-electron chi connectivity index (χ0n) is 13.6. The molecule has 1 aliphatic heterocycles. The molecular formula is C19H23N3O2. The molecule has 0 spiro atoms. The number of nitrogens with one attached hydrogen (secondary N) is 1. The number of aliphatic hydroxyl groups excluding tert-OH is 1. The molecular weight excluding hydrogens is 302 g/mol. The molecule has 0 bridgehead atoms. The first-order valence-electron chi connectivity index (χ1n) is 8.58. The molecule has 2 heterocycles. The molecule has 0 saturated heterocycles. The third-order valence-corrected chi connectivity index (χ3v) is 4.91. The summed E-state index contributed by atoms with van der Waals surface area (Å²) in [5.74, 6) is 1.41. The molecule has 1 fully saturated rings. The minimum atomic E-state index is -0.289. The van der Waals surface area contributed by atoms with Crippen molar-refractivity contribution in [2.75, 3.05) is 13.2 Å². The van der Waals surface area contributed by atoms with Gasteiger partial charge in [0.1, 0.15) is 12.4 Å². The monoisotopic (exact) mass is 325 g/mol. The number of aromatic nitrogens is 2. The van der Waals surface area contributed by atoms with Gasteiger partial charge in [0.2, 0.25) is 0 Å². The van der Waals surface area contributed by atoms with Crippen LogP contribution in [0.5, 0.6) is 5.75 Å². The number of fused-ring (bicyclic) bond motifs is 1. The van der Waals surface area contributed by atoms with E-state index in [4.69, 9.17) is 4.74 Å². The van der Waals surface area contributed by atoms with E-state index in [-0.39, 0.29) is 12.1 Å². The summed E-state index contributed by atoms with van der Waals surface area (Å²) >= 11 is 0. The summed E-state index contributed by atoms with van der Waals surface area (Å²) in [4.78, 5) is 0. The Bertz CT molecular complexity index is 711. The third kappa shape index (κ3) is 3.37. The first kappa shape index (κ1) is 15.4. The van der Waals surface area contributed by atoms with Gasteiger partial charge >= 0.3 is 0 Å². The van der Waals surface area contributed by atoms with Gasteiger partial charge in [-0.1, -0.05) is 18.2 Å². The van der Waals surface area contributed by atoms with Gasteiger partial charge in [-0.15, -0.1) is 0 Å². The van der Waals surface area contributed by atoms with E-state index >= 15 is 0 Å². The number of aliphatic hydroxyl groups is 1. The molecule has 1 unspecified atom stereocenters. The summed E-state index contributed by atoms with van der Waals surface area (Å²) in [6.07, 6.45) is 7.49. The molecule has 1 aromatic heterocycles. The molecule has 1 aromatic carbocycles. The second-order valence-corrected chi connectivity index (χ2v) is 6.75. The van der Waals surface area contributed by atoms with Crippen molar-refractivity contribution in [1.29, 1.82) is 0 Å². The van der Waals surface area contributed by atoms with Gasteiger partial charge in [-0.3, -0.25) is 4.68 Å². The predicted molar refractivity (Wildman–Crippen MR) is 92.7 cm³/mol. The number of ether oxygens (including phenoxy) is 1. The van der Waals surface area contributed by atoms with Crippen molar-refractivity contribution < 1.29 is 9.84 Å². The lowest BCUT2D eigenvalue weighted by molar-refractivity contribution is 0.147. The van der Waals surface area contributed by atoms with Crippen LogP contribution in [0.1, 0.15) is 18.4 Å². The highest BCUT2D eigenvalue weighted by atomic mass is 16.5. The van der Waals surface area contributed by atoms with Crippen LogP contribution in [0.25, 0.3) is 6.08 Å². The van der Waals surface area contributed by atoms with Crippen molar-refractivity contribution in [3.05, 3.63) is 53.9 Å². The van der Waals surface area contributed by atoms with Crippen LogP contribution in [0.3, 0.4) is 0 Å². The maximum Gasteiger partial charge on any atom is 0.127 e. The van der Waals surface area contributed by atoms with E-state index in [1.165, 1.54) is 5.57 Å². The summed E-state index contributed by atoms with van der Waals surface area (Å²) in [6.45, 7) is 2.25. The Morgan fingerprint density at radius 3 is 3.04 bits per heavy atom. The molecule has 4 rings (SSSR count). The predicted octanol–water partition coefficient (Wildman–Crippen LogP) is 2.09. The lowest BCUT2D eigenvalue weighted by Crippen LogP contribution is -2.37. The molecule has 2 aliphatic rings. The highest BCUT2D eigenvalue weighted by Gasteiger charge is 2.33. The highest BCUT2D eigenvalue weighted by Crippen LogP contribution is 2.29. The summed E-state index contributed by atoms with van der Waals surface area (Å²) in [7, 11) is 0. The molecule has 5 heteroatoms. The minimum Gasteiger partial charge on any atom is -0.489 e. The smallest absolute Gasteiger partial charge is 0.127 e. The number of nitrogens with zero attached hydrogens (tertiary/aromatic N) is 2. The topological polar surface area (TPSA) is 59.3 Å². The molecule has 3 atom stereocenters. The molecule has 2 N–H and O–H groups in total. The largest absolute Gasteiger partial charge is 0.489 e. The Labute approximate surface area is 142 Å². The fraction of sp³-hybridized carbons (Fsp3) is 0.421. The van der Waals surface area contributed by atoms with E-state index in [2.05, 4.69) is 22.6 Å². The number of benzene rings is 1. The summed E-state index contributed by atoms with van der Waals surface area (Å²) in [5.41, 5.74) is 2.35. The van der Waals surface area contributed by atoms with E-state index in [0.717, 1.165) is 37.2 Å². The second-order valence-electron chi connectivity index (χ2n) is 6.75. The van der Waals surface area contributed by atoms with E-state index in [1.807, 2.05) is 35.1 Å². The van der Waals surface area contributed by atoms with Crippen LogP contribution < -0.4 is 10.1 Å². The summed E-state index contributed by atoms with van der Waals surface area (Å²) < 4.78 is 7.74. The number of rotatable bonds is 5.